The summed E-state index contributed by atoms with van der Waals surface area (Å²) in [7, 11) is 1.67. The Morgan fingerprint density at radius 1 is 1.13 bits per heavy atom. The molecule has 7 nitrogen and oxygen atoms in total. The van der Waals surface area contributed by atoms with Gasteiger partial charge in [-0.2, -0.15) is 0 Å². The fourth-order valence-corrected chi connectivity index (χ4v) is 5.64. The van der Waals surface area contributed by atoms with Crippen molar-refractivity contribution in [2.24, 2.45) is 10.6 Å². The van der Waals surface area contributed by atoms with Gasteiger partial charge in [-0.15, -0.1) is 5.73 Å². The van der Waals surface area contributed by atoms with Gasteiger partial charge in [-0.25, -0.2) is 4.79 Å². The minimum absolute atomic E-state index is 0. The van der Waals surface area contributed by atoms with E-state index in [1.165, 1.54) is 0 Å². The molecule has 46 heavy (non-hydrogen) atoms. The van der Waals surface area contributed by atoms with E-state index in [1.807, 2.05) is 42.5 Å². The first-order valence-electron chi connectivity index (χ1n) is 15.2. The van der Waals surface area contributed by atoms with Crippen molar-refractivity contribution >= 4 is 23.5 Å². The van der Waals surface area contributed by atoms with Crippen LogP contribution in [-0.4, -0.2) is 60.5 Å². The first-order valence-corrected chi connectivity index (χ1v) is 15.2. The van der Waals surface area contributed by atoms with Gasteiger partial charge in [-0.1, -0.05) is 107 Å². The third-order valence-electron chi connectivity index (χ3n) is 8.35. The molecule has 240 valence electrons. The average Bonchev–Trinajstić information content (AvgIpc) is 3.20. The third kappa shape index (κ3) is 7.35. The molecule has 0 saturated carbocycles. The molecular weight excluding hydrogens is 574 g/mol. The lowest BCUT2D eigenvalue weighted by molar-refractivity contribution is 0.0659. The molecule has 2 atom stereocenters. The Morgan fingerprint density at radius 3 is 2.50 bits per heavy atom. The maximum absolute atomic E-state index is 13.5. The summed E-state index contributed by atoms with van der Waals surface area (Å²) in [5.74, 6) is 0.463. The zero-order valence-corrected chi connectivity index (χ0v) is 26.8. The van der Waals surface area contributed by atoms with Crippen molar-refractivity contribution in [1.29, 1.82) is 0 Å². The molecule has 1 unspecified atom stereocenters. The SMILES string of the molecule is C.C=C=C(C(=C)C(C)(C)C)N1CCN(C(=O)OCc2ccccc2)[C@H](C2=NOC(C3=Cc4ccccc4C(C)=CC3OC)=C=C2)C1. The van der Waals surface area contributed by atoms with Gasteiger partial charge in [-0.3, -0.25) is 4.90 Å². The highest BCUT2D eigenvalue weighted by molar-refractivity contribution is 6.01. The van der Waals surface area contributed by atoms with Crippen LogP contribution in [0.15, 0.2) is 119 Å². The van der Waals surface area contributed by atoms with Gasteiger partial charge in [0.1, 0.15) is 18.4 Å². The molecule has 2 aliphatic heterocycles. The summed E-state index contributed by atoms with van der Waals surface area (Å²) in [5.41, 5.74) is 13.6. The first-order chi connectivity index (χ1) is 21.6. The van der Waals surface area contributed by atoms with Crippen molar-refractivity contribution in [1.82, 2.24) is 9.80 Å². The molecule has 1 fully saturated rings. The van der Waals surface area contributed by atoms with Crippen LogP contribution in [0.1, 0.15) is 51.8 Å². The Kier molecular flexibility index (Phi) is 10.8. The van der Waals surface area contributed by atoms with E-state index in [0.29, 0.717) is 31.1 Å². The molecule has 3 aliphatic rings. The molecule has 1 amide bonds. The van der Waals surface area contributed by atoms with Gasteiger partial charge in [0.25, 0.3) is 0 Å². The van der Waals surface area contributed by atoms with Crippen molar-refractivity contribution in [2.75, 3.05) is 26.7 Å². The second-order valence-corrected chi connectivity index (χ2v) is 12.4. The van der Waals surface area contributed by atoms with Crippen molar-refractivity contribution in [2.45, 2.75) is 53.9 Å². The summed E-state index contributed by atoms with van der Waals surface area (Å²) < 4.78 is 11.6. The number of ether oxygens (including phenoxy) is 2. The lowest BCUT2D eigenvalue weighted by Gasteiger charge is -2.43. The zero-order chi connectivity index (χ0) is 32.1. The highest BCUT2D eigenvalue weighted by Crippen LogP contribution is 2.34. The number of fused-ring (bicyclic) bond motifs is 1. The number of methoxy groups -OCH3 is 1. The van der Waals surface area contributed by atoms with Crippen LogP contribution in [0.3, 0.4) is 0 Å². The number of nitrogens with zero attached hydrogens (tertiary/aromatic N) is 3. The fourth-order valence-electron chi connectivity index (χ4n) is 5.64. The third-order valence-corrected chi connectivity index (χ3v) is 8.35. The number of rotatable bonds is 7. The van der Waals surface area contributed by atoms with Crippen LogP contribution < -0.4 is 0 Å². The average molecular weight is 620 g/mol. The largest absolute Gasteiger partial charge is 0.445 e. The quantitative estimate of drug-likeness (QED) is 0.231. The molecule has 7 heteroatoms. The van der Waals surface area contributed by atoms with E-state index < -0.39 is 12.1 Å². The van der Waals surface area contributed by atoms with Crippen molar-refractivity contribution in [3.63, 3.8) is 0 Å². The molecule has 0 aromatic heterocycles. The molecule has 0 N–H and O–H groups in total. The molecule has 2 aromatic carbocycles. The molecule has 2 heterocycles. The summed E-state index contributed by atoms with van der Waals surface area (Å²) in [6, 6.07) is 17.4. The molecule has 1 aliphatic carbocycles. The van der Waals surface area contributed by atoms with E-state index in [9.17, 15) is 4.79 Å². The molecule has 1 saturated heterocycles. The van der Waals surface area contributed by atoms with Crippen LogP contribution in [0.5, 0.6) is 0 Å². The Balaban J connectivity index is 0.00000480. The van der Waals surface area contributed by atoms with Gasteiger partial charge >= 0.3 is 6.09 Å². The van der Waals surface area contributed by atoms with E-state index in [1.54, 1.807) is 18.1 Å². The van der Waals surface area contributed by atoms with E-state index >= 15 is 0 Å². The number of carbonyl (C=O) groups excluding carboxylic acids is 1. The monoisotopic (exact) mass is 619 g/mol. The number of carbonyl (C=O) groups is 1. The number of hydrogen-bond donors (Lipinski definition) is 0. The maximum atomic E-state index is 13.5. The minimum atomic E-state index is -0.476. The topological polar surface area (TPSA) is 63.6 Å². The normalized spacial score (nSPS) is 19.1. The smallest absolute Gasteiger partial charge is 0.410 e. The number of amides is 1. The first kappa shape index (κ1) is 34.1. The molecule has 2 aromatic rings. The van der Waals surface area contributed by atoms with Crippen LogP contribution in [0, 0.1) is 5.41 Å². The molecule has 0 bridgehead atoms. The minimum Gasteiger partial charge on any atom is -0.445 e. The molecular formula is C39H45N3O4. The van der Waals surface area contributed by atoms with Gasteiger partial charge in [0.15, 0.2) is 0 Å². The second-order valence-electron chi connectivity index (χ2n) is 12.4. The number of hydrogen-bond acceptors (Lipinski definition) is 6. The van der Waals surface area contributed by atoms with Crippen LogP contribution in [0.25, 0.3) is 11.6 Å². The Labute approximate surface area is 273 Å². The van der Waals surface area contributed by atoms with Crippen LogP contribution in [0.4, 0.5) is 4.79 Å². The number of oxime groups is 1. The number of piperazine rings is 1. The van der Waals surface area contributed by atoms with E-state index in [-0.39, 0.29) is 25.6 Å². The van der Waals surface area contributed by atoms with Gasteiger partial charge in [-0.05, 0) is 52.3 Å². The summed E-state index contributed by atoms with van der Waals surface area (Å²) in [5, 5.41) is 4.55. The Bertz CT molecular complexity index is 1680. The molecule has 0 spiro atoms. The van der Waals surface area contributed by atoms with E-state index in [2.05, 4.69) is 86.7 Å². The van der Waals surface area contributed by atoms with E-state index in [4.69, 9.17) is 14.3 Å². The van der Waals surface area contributed by atoms with Gasteiger partial charge in [0.2, 0.25) is 5.76 Å². The summed E-state index contributed by atoms with van der Waals surface area (Å²) in [6.45, 7) is 18.3. The summed E-state index contributed by atoms with van der Waals surface area (Å²) in [6.07, 6.45) is 5.16. The lowest BCUT2D eigenvalue weighted by atomic mass is 9.85. The van der Waals surface area contributed by atoms with Crippen molar-refractivity contribution in [3.8, 4) is 0 Å². The second kappa shape index (κ2) is 14.5. The zero-order valence-electron chi connectivity index (χ0n) is 26.8. The van der Waals surface area contributed by atoms with Gasteiger partial charge in [0, 0.05) is 38.4 Å². The molecule has 0 radical (unpaired) electrons. The van der Waals surface area contributed by atoms with Crippen molar-refractivity contribution < 1.29 is 19.1 Å². The standard InChI is InChI=1S/C38H41N3O4.CH4/c1-8-33(27(3)38(4,5)6)40-20-21-41(37(42)44-25-28-14-10-9-11-15-28)34(24-40)32-18-19-35(45-39-32)31-23-29-16-12-13-17-30(29)26(2)22-36(31)43-7;/h9-18,22-23,34,36H,1,3,20-21,24-25H2,2,4-7H3;1H4/t34-,36?;/m0./s1. The van der Waals surface area contributed by atoms with Gasteiger partial charge < -0.3 is 19.2 Å². The predicted octanol–water partition coefficient (Wildman–Crippen LogP) is 8.16. The summed E-state index contributed by atoms with van der Waals surface area (Å²) in [4.78, 5) is 23.4. The highest BCUT2D eigenvalue weighted by atomic mass is 16.6. The Hall–Kier alpha value is -4.80. The van der Waals surface area contributed by atoms with Crippen molar-refractivity contribution in [3.05, 3.63) is 131 Å². The fraction of sp³-hybridized carbons (Fsp3) is 0.333. The highest BCUT2D eigenvalue weighted by Gasteiger charge is 2.37. The van der Waals surface area contributed by atoms with Crippen LogP contribution in [0.2, 0.25) is 0 Å². The lowest BCUT2D eigenvalue weighted by Crippen LogP contribution is -2.58. The van der Waals surface area contributed by atoms with Crippen LogP contribution in [-0.2, 0) is 20.9 Å². The number of benzene rings is 2. The predicted molar refractivity (Wildman–Crippen MR) is 186 cm³/mol. The maximum Gasteiger partial charge on any atom is 0.410 e. The van der Waals surface area contributed by atoms with Gasteiger partial charge in [0.05, 0.1) is 11.7 Å². The van der Waals surface area contributed by atoms with E-state index in [0.717, 1.165) is 39.1 Å². The summed E-state index contributed by atoms with van der Waals surface area (Å²) >= 11 is 0. The molecule has 5 rings (SSSR count). The Morgan fingerprint density at radius 2 is 1.85 bits per heavy atom. The van der Waals surface area contributed by atoms with Crippen LogP contribution >= 0.6 is 0 Å². The number of allylic oxidation sites excluding steroid dienone is 2.